The van der Waals surface area contributed by atoms with Gasteiger partial charge < -0.3 is 10.6 Å². The SMILES string of the molecule is CC1NCCC1C(=O)NCCC1CCCC1. The molecule has 2 N–H and O–H groups in total. The first-order valence-electron chi connectivity index (χ1n) is 6.78. The van der Waals surface area contributed by atoms with Crippen LogP contribution in [0.5, 0.6) is 0 Å². The van der Waals surface area contributed by atoms with Crippen molar-refractivity contribution in [3.8, 4) is 0 Å². The summed E-state index contributed by atoms with van der Waals surface area (Å²) in [5.41, 5.74) is 0. The van der Waals surface area contributed by atoms with Gasteiger partial charge in [-0.1, -0.05) is 25.7 Å². The minimum absolute atomic E-state index is 0.198. The molecule has 3 heteroatoms. The van der Waals surface area contributed by atoms with Crippen LogP contribution in [0.15, 0.2) is 0 Å². The van der Waals surface area contributed by atoms with Crippen molar-refractivity contribution < 1.29 is 4.79 Å². The maximum atomic E-state index is 11.9. The molecule has 2 fully saturated rings. The van der Waals surface area contributed by atoms with Gasteiger partial charge in [0.25, 0.3) is 0 Å². The van der Waals surface area contributed by atoms with Gasteiger partial charge in [0.05, 0.1) is 5.92 Å². The van der Waals surface area contributed by atoms with E-state index in [0.29, 0.717) is 6.04 Å². The van der Waals surface area contributed by atoms with Gasteiger partial charge in [-0.2, -0.15) is 0 Å². The number of rotatable bonds is 4. The molecule has 0 aromatic heterocycles. The van der Waals surface area contributed by atoms with Gasteiger partial charge in [-0.3, -0.25) is 4.79 Å². The third kappa shape index (κ3) is 2.97. The fourth-order valence-electron chi connectivity index (χ4n) is 3.05. The molecule has 3 nitrogen and oxygen atoms in total. The molecule has 2 unspecified atom stereocenters. The van der Waals surface area contributed by atoms with Crippen LogP contribution in [0, 0.1) is 11.8 Å². The largest absolute Gasteiger partial charge is 0.356 e. The molecular formula is C13H24N2O. The molecule has 0 aromatic rings. The Morgan fingerprint density at radius 1 is 1.31 bits per heavy atom. The fraction of sp³-hybridized carbons (Fsp3) is 0.923. The summed E-state index contributed by atoms with van der Waals surface area (Å²) in [6.07, 6.45) is 7.70. The quantitative estimate of drug-likeness (QED) is 0.763. The van der Waals surface area contributed by atoms with Crippen LogP contribution in [-0.2, 0) is 4.79 Å². The molecule has 16 heavy (non-hydrogen) atoms. The summed E-state index contributed by atoms with van der Waals surface area (Å²) < 4.78 is 0. The smallest absolute Gasteiger partial charge is 0.224 e. The predicted octanol–water partition coefficient (Wildman–Crippen LogP) is 1.68. The molecule has 0 aromatic carbocycles. The Bertz CT molecular complexity index is 236. The maximum Gasteiger partial charge on any atom is 0.224 e. The summed E-state index contributed by atoms with van der Waals surface area (Å²) in [4.78, 5) is 11.9. The third-order valence-corrected chi connectivity index (χ3v) is 4.19. The number of hydrogen-bond donors (Lipinski definition) is 2. The van der Waals surface area contributed by atoms with Crippen molar-refractivity contribution in [3.05, 3.63) is 0 Å². The molecule has 1 saturated carbocycles. The first kappa shape index (κ1) is 11.9. The second kappa shape index (κ2) is 5.67. The second-order valence-corrected chi connectivity index (χ2v) is 5.37. The average Bonchev–Trinajstić information content (AvgIpc) is 2.88. The van der Waals surface area contributed by atoms with E-state index in [9.17, 15) is 4.79 Å². The molecule has 92 valence electrons. The van der Waals surface area contributed by atoms with E-state index in [0.717, 1.165) is 25.4 Å². The van der Waals surface area contributed by atoms with E-state index in [1.54, 1.807) is 0 Å². The lowest BCUT2D eigenvalue weighted by Gasteiger charge is -2.16. The average molecular weight is 224 g/mol. The molecule has 1 amide bonds. The van der Waals surface area contributed by atoms with E-state index in [4.69, 9.17) is 0 Å². The van der Waals surface area contributed by atoms with Gasteiger partial charge in [0, 0.05) is 12.6 Å². The van der Waals surface area contributed by atoms with Crippen molar-refractivity contribution in [2.75, 3.05) is 13.1 Å². The topological polar surface area (TPSA) is 41.1 Å². The highest BCUT2D eigenvalue weighted by molar-refractivity contribution is 5.79. The number of carbonyl (C=O) groups excluding carboxylic acids is 1. The van der Waals surface area contributed by atoms with Gasteiger partial charge >= 0.3 is 0 Å². The number of amides is 1. The molecule has 2 rings (SSSR count). The Kier molecular flexibility index (Phi) is 4.22. The zero-order valence-corrected chi connectivity index (χ0v) is 10.3. The van der Waals surface area contributed by atoms with Gasteiger partial charge in [0.2, 0.25) is 5.91 Å². The summed E-state index contributed by atoms with van der Waals surface area (Å²) >= 11 is 0. The van der Waals surface area contributed by atoms with Crippen molar-refractivity contribution >= 4 is 5.91 Å². The maximum absolute atomic E-state index is 11.9. The number of nitrogens with one attached hydrogen (secondary N) is 2. The molecule has 2 aliphatic rings. The monoisotopic (exact) mass is 224 g/mol. The van der Waals surface area contributed by atoms with Crippen LogP contribution in [0.2, 0.25) is 0 Å². The summed E-state index contributed by atoms with van der Waals surface area (Å²) in [6.45, 7) is 3.98. The van der Waals surface area contributed by atoms with Gasteiger partial charge in [-0.05, 0) is 32.2 Å². The van der Waals surface area contributed by atoms with Crippen LogP contribution in [0.4, 0.5) is 0 Å². The fourth-order valence-corrected chi connectivity index (χ4v) is 3.05. The summed E-state index contributed by atoms with van der Waals surface area (Å²) in [7, 11) is 0. The molecule has 1 aliphatic carbocycles. The standard InChI is InChI=1S/C13H24N2O/c1-10-12(7-9-14-10)13(16)15-8-6-11-4-2-3-5-11/h10-12,14H,2-9H2,1H3,(H,15,16). The summed E-state index contributed by atoms with van der Waals surface area (Å²) in [5.74, 6) is 1.33. The highest BCUT2D eigenvalue weighted by Crippen LogP contribution is 2.27. The lowest BCUT2D eigenvalue weighted by molar-refractivity contribution is -0.125. The highest BCUT2D eigenvalue weighted by Gasteiger charge is 2.29. The molecule has 1 aliphatic heterocycles. The Labute approximate surface area is 98.4 Å². The number of carbonyl (C=O) groups is 1. The zero-order valence-electron chi connectivity index (χ0n) is 10.3. The molecule has 0 spiro atoms. The van der Waals surface area contributed by atoms with E-state index in [1.165, 1.54) is 32.1 Å². The normalized spacial score (nSPS) is 30.8. The van der Waals surface area contributed by atoms with Crippen LogP contribution in [-0.4, -0.2) is 25.0 Å². The van der Waals surface area contributed by atoms with E-state index >= 15 is 0 Å². The zero-order chi connectivity index (χ0) is 11.4. The summed E-state index contributed by atoms with van der Waals surface area (Å²) in [5, 5.41) is 6.42. The van der Waals surface area contributed by atoms with Crippen LogP contribution in [0.25, 0.3) is 0 Å². The lowest BCUT2D eigenvalue weighted by Crippen LogP contribution is -2.37. The van der Waals surface area contributed by atoms with E-state index < -0.39 is 0 Å². The van der Waals surface area contributed by atoms with Crippen molar-refractivity contribution in [2.24, 2.45) is 11.8 Å². The summed E-state index contributed by atoms with van der Waals surface area (Å²) in [6, 6.07) is 0.353. The first-order valence-corrected chi connectivity index (χ1v) is 6.78. The Morgan fingerprint density at radius 3 is 2.69 bits per heavy atom. The van der Waals surface area contributed by atoms with E-state index in [2.05, 4.69) is 17.6 Å². The van der Waals surface area contributed by atoms with Crippen LogP contribution >= 0.6 is 0 Å². The molecule has 0 radical (unpaired) electrons. The van der Waals surface area contributed by atoms with Gasteiger partial charge in [-0.15, -0.1) is 0 Å². The molecule has 2 atom stereocenters. The van der Waals surface area contributed by atoms with Crippen molar-refractivity contribution in [2.45, 2.75) is 51.5 Å². The van der Waals surface area contributed by atoms with Crippen LogP contribution in [0.1, 0.15) is 45.4 Å². The Balaban J connectivity index is 1.63. The van der Waals surface area contributed by atoms with Gasteiger partial charge in [0.15, 0.2) is 0 Å². The van der Waals surface area contributed by atoms with Crippen molar-refractivity contribution in [1.29, 1.82) is 0 Å². The highest BCUT2D eigenvalue weighted by atomic mass is 16.1. The van der Waals surface area contributed by atoms with Gasteiger partial charge in [-0.25, -0.2) is 0 Å². The second-order valence-electron chi connectivity index (χ2n) is 5.37. The third-order valence-electron chi connectivity index (χ3n) is 4.19. The van der Waals surface area contributed by atoms with Crippen LogP contribution in [0.3, 0.4) is 0 Å². The first-order chi connectivity index (χ1) is 7.77. The van der Waals surface area contributed by atoms with E-state index in [-0.39, 0.29) is 11.8 Å². The molecule has 0 bridgehead atoms. The van der Waals surface area contributed by atoms with Crippen molar-refractivity contribution in [3.63, 3.8) is 0 Å². The van der Waals surface area contributed by atoms with Crippen molar-refractivity contribution in [1.82, 2.24) is 10.6 Å². The minimum Gasteiger partial charge on any atom is -0.356 e. The molecular weight excluding hydrogens is 200 g/mol. The number of hydrogen-bond acceptors (Lipinski definition) is 2. The minimum atomic E-state index is 0.198. The van der Waals surface area contributed by atoms with Gasteiger partial charge in [0.1, 0.15) is 0 Å². The lowest BCUT2D eigenvalue weighted by atomic mass is 10.0. The van der Waals surface area contributed by atoms with E-state index in [1.807, 2.05) is 0 Å². The van der Waals surface area contributed by atoms with Crippen LogP contribution < -0.4 is 10.6 Å². The Morgan fingerprint density at radius 2 is 2.06 bits per heavy atom. The molecule has 1 heterocycles. The Hall–Kier alpha value is -0.570. The predicted molar refractivity (Wildman–Crippen MR) is 65.2 cm³/mol. The molecule has 1 saturated heterocycles.